The third-order valence-corrected chi connectivity index (χ3v) is 7.38. The van der Waals surface area contributed by atoms with Crippen molar-refractivity contribution in [1.82, 2.24) is 0 Å². The van der Waals surface area contributed by atoms with Gasteiger partial charge >= 0.3 is 18.5 Å². The van der Waals surface area contributed by atoms with Crippen LogP contribution < -0.4 is 0 Å². The number of alkyl halides is 9. The van der Waals surface area contributed by atoms with Gasteiger partial charge in [0.1, 0.15) is 17.5 Å². The smallest absolute Gasteiger partial charge is 0.300 e. The highest BCUT2D eigenvalue weighted by atomic mass is 35.5. The molecule has 0 spiro atoms. The number of halogens is 13. The first kappa shape index (κ1) is 35.9. The van der Waals surface area contributed by atoms with Gasteiger partial charge in [-0.2, -0.15) is 39.5 Å². The number of hydrogen-bond acceptors (Lipinski definition) is 2. The summed E-state index contributed by atoms with van der Waals surface area (Å²) in [6.07, 6.45) is -18.2. The van der Waals surface area contributed by atoms with E-state index in [0.29, 0.717) is 12.1 Å². The molecule has 0 saturated carbocycles. The molecule has 0 saturated heterocycles. The molecule has 0 aliphatic rings. The van der Waals surface area contributed by atoms with E-state index in [1.807, 2.05) is 0 Å². The van der Waals surface area contributed by atoms with Gasteiger partial charge in [0.05, 0.1) is 27.1 Å². The first-order chi connectivity index (χ1) is 19.1. The van der Waals surface area contributed by atoms with E-state index < -0.39 is 95.7 Å². The lowest BCUT2D eigenvalue weighted by atomic mass is 9.88. The molecule has 0 fully saturated rings. The zero-order chi connectivity index (χ0) is 32.2. The SMILES string of the molecule is CC[C@H](CC(=O)CCC(F)(F)F)CC(=O)c1ccc(/C(F)=C/C(c2cc(Cl)c(Cl)c(Cl)c2)C(F)(F)F)cc1C(F)(F)F. The molecule has 0 aliphatic carbocycles. The summed E-state index contributed by atoms with van der Waals surface area (Å²) >= 11 is 17.3. The van der Waals surface area contributed by atoms with E-state index in [4.69, 9.17) is 34.8 Å². The van der Waals surface area contributed by atoms with Crippen molar-refractivity contribution in [2.24, 2.45) is 5.92 Å². The lowest BCUT2D eigenvalue weighted by molar-refractivity contribution is -0.143. The highest BCUT2D eigenvalue weighted by molar-refractivity contribution is 6.48. The highest BCUT2D eigenvalue weighted by Crippen LogP contribution is 2.43. The van der Waals surface area contributed by atoms with Gasteiger partial charge in [-0.05, 0) is 35.8 Å². The Labute approximate surface area is 248 Å². The Morgan fingerprint density at radius 3 is 1.93 bits per heavy atom. The summed E-state index contributed by atoms with van der Waals surface area (Å²) in [5, 5.41) is -1.02. The fourth-order valence-electron chi connectivity index (χ4n) is 3.99. The molecule has 2 aromatic rings. The second kappa shape index (κ2) is 14.0. The number of rotatable bonds is 11. The van der Waals surface area contributed by atoms with E-state index in [-0.39, 0.29) is 33.6 Å². The van der Waals surface area contributed by atoms with Gasteiger partial charge in [0.15, 0.2) is 5.78 Å². The summed E-state index contributed by atoms with van der Waals surface area (Å²) in [5.74, 6) is -7.23. The van der Waals surface area contributed by atoms with Crippen LogP contribution >= 0.6 is 34.8 Å². The second-order valence-electron chi connectivity index (χ2n) is 9.35. The molecule has 0 N–H and O–H groups in total. The molecule has 0 amide bonds. The lowest BCUT2D eigenvalue weighted by Gasteiger charge is -2.19. The Balaban J connectivity index is 2.42. The van der Waals surface area contributed by atoms with Crippen LogP contribution in [-0.4, -0.2) is 23.9 Å². The van der Waals surface area contributed by atoms with E-state index in [0.717, 1.165) is 12.1 Å². The first-order valence-corrected chi connectivity index (χ1v) is 13.2. The zero-order valence-corrected chi connectivity index (χ0v) is 23.7. The fourth-order valence-corrected chi connectivity index (χ4v) is 4.60. The van der Waals surface area contributed by atoms with Crippen LogP contribution in [-0.2, 0) is 11.0 Å². The lowest BCUT2D eigenvalue weighted by Crippen LogP contribution is -2.19. The van der Waals surface area contributed by atoms with Gasteiger partial charge in [-0.25, -0.2) is 4.39 Å². The topological polar surface area (TPSA) is 34.1 Å². The molecule has 0 heterocycles. The van der Waals surface area contributed by atoms with Crippen LogP contribution in [0.1, 0.15) is 72.0 Å². The van der Waals surface area contributed by atoms with Gasteiger partial charge in [0.25, 0.3) is 0 Å². The molecule has 232 valence electrons. The minimum absolute atomic E-state index is 0.0204. The Hall–Kier alpha value is -2.31. The average Bonchev–Trinajstić information content (AvgIpc) is 2.86. The largest absolute Gasteiger partial charge is 0.417 e. The third-order valence-electron chi connectivity index (χ3n) is 6.19. The quantitative estimate of drug-likeness (QED) is 0.135. The third kappa shape index (κ3) is 10.2. The van der Waals surface area contributed by atoms with Gasteiger partial charge in [0, 0.05) is 30.4 Å². The predicted molar refractivity (Wildman–Crippen MR) is 138 cm³/mol. The van der Waals surface area contributed by atoms with Crippen LogP contribution in [0.5, 0.6) is 0 Å². The fraction of sp³-hybridized carbons (Fsp3) is 0.407. The predicted octanol–water partition coefficient (Wildman–Crippen LogP) is 11.2. The molecule has 0 radical (unpaired) electrons. The van der Waals surface area contributed by atoms with Crippen molar-refractivity contribution in [2.45, 2.75) is 63.5 Å². The van der Waals surface area contributed by atoms with Gasteiger partial charge in [-0.1, -0.05) is 60.3 Å². The van der Waals surface area contributed by atoms with Crippen molar-refractivity contribution < 1.29 is 53.5 Å². The Kier molecular flexibility index (Phi) is 11.9. The number of ketones is 2. The summed E-state index contributed by atoms with van der Waals surface area (Å²) in [4.78, 5) is 24.7. The molecule has 15 heteroatoms. The van der Waals surface area contributed by atoms with Crippen molar-refractivity contribution in [3.8, 4) is 0 Å². The highest BCUT2D eigenvalue weighted by Gasteiger charge is 2.41. The monoisotopic (exact) mass is 672 g/mol. The Bertz CT molecular complexity index is 1310. The summed E-state index contributed by atoms with van der Waals surface area (Å²) in [7, 11) is 0. The van der Waals surface area contributed by atoms with E-state index in [1.54, 1.807) is 0 Å². The van der Waals surface area contributed by atoms with Crippen LogP contribution in [0, 0.1) is 5.92 Å². The van der Waals surface area contributed by atoms with Gasteiger partial charge in [0.2, 0.25) is 0 Å². The number of allylic oxidation sites excluding steroid dienone is 1. The van der Waals surface area contributed by atoms with Crippen LogP contribution in [0.4, 0.5) is 43.9 Å². The van der Waals surface area contributed by atoms with Gasteiger partial charge in [-0.3, -0.25) is 9.59 Å². The molecule has 0 aliphatic heterocycles. The van der Waals surface area contributed by atoms with Gasteiger partial charge in [-0.15, -0.1) is 0 Å². The minimum atomic E-state index is -5.24. The van der Waals surface area contributed by atoms with Crippen molar-refractivity contribution in [2.75, 3.05) is 0 Å². The molecule has 2 nitrogen and oxygen atoms in total. The standard InChI is InChI=1S/C27H21Cl3F10O2/c1-2-13(7-16(41)5-6-25(32,33)34)8-23(42)17-4-3-14(9-19(17)27(38,39)40)22(31)12-18(26(35,36)37)15-10-20(28)24(30)21(29)11-15/h3-4,9-13,18H,2,5-8H2,1H3/b22-12-/t13-,18?/m1/s1. The molecule has 0 aromatic heterocycles. The molecule has 1 unspecified atom stereocenters. The number of carbonyl (C=O) groups excluding carboxylic acids is 2. The van der Waals surface area contributed by atoms with E-state index in [1.165, 1.54) is 6.92 Å². The molecule has 2 aromatic carbocycles. The Morgan fingerprint density at radius 1 is 0.881 bits per heavy atom. The molecule has 0 bridgehead atoms. The minimum Gasteiger partial charge on any atom is -0.300 e. The maximum absolute atomic E-state index is 15.0. The molecule has 2 rings (SSSR count). The first-order valence-electron chi connectivity index (χ1n) is 12.1. The number of carbonyl (C=O) groups is 2. The van der Waals surface area contributed by atoms with Crippen LogP contribution in [0.25, 0.3) is 5.83 Å². The summed E-state index contributed by atoms with van der Waals surface area (Å²) in [6.45, 7) is 1.49. The average molecular weight is 674 g/mol. The van der Waals surface area contributed by atoms with Crippen LogP contribution in [0.3, 0.4) is 0 Å². The van der Waals surface area contributed by atoms with E-state index in [9.17, 15) is 49.1 Å². The summed E-state index contributed by atoms with van der Waals surface area (Å²) < 4.78 is 135. The molecular weight excluding hydrogens is 653 g/mol. The number of benzene rings is 2. The van der Waals surface area contributed by atoms with Crippen LogP contribution in [0.15, 0.2) is 36.4 Å². The zero-order valence-electron chi connectivity index (χ0n) is 21.4. The second-order valence-corrected chi connectivity index (χ2v) is 10.5. The maximum atomic E-state index is 15.0. The number of Topliss-reactive ketones (excluding diaryl/α,β-unsaturated/α-hetero) is 2. The van der Waals surface area contributed by atoms with E-state index >= 15 is 4.39 Å². The normalized spacial score (nSPS) is 14.6. The molecular formula is C27H21Cl3F10O2. The summed E-state index contributed by atoms with van der Waals surface area (Å²) in [6, 6.07) is 2.99. The van der Waals surface area contributed by atoms with Gasteiger partial charge < -0.3 is 0 Å². The van der Waals surface area contributed by atoms with Crippen molar-refractivity contribution in [3.63, 3.8) is 0 Å². The summed E-state index contributed by atoms with van der Waals surface area (Å²) in [5.41, 5.74) is -4.15. The maximum Gasteiger partial charge on any atom is 0.417 e. The molecule has 2 atom stereocenters. The Morgan fingerprint density at radius 2 is 1.45 bits per heavy atom. The van der Waals surface area contributed by atoms with Crippen molar-refractivity contribution in [1.29, 1.82) is 0 Å². The molecule has 42 heavy (non-hydrogen) atoms. The van der Waals surface area contributed by atoms with Crippen molar-refractivity contribution >= 4 is 52.2 Å². The van der Waals surface area contributed by atoms with E-state index in [2.05, 4.69) is 0 Å². The number of hydrogen-bond donors (Lipinski definition) is 0. The van der Waals surface area contributed by atoms with Crippen LogP contribution in [0.2, 0.25) is 15.1 Å². The van der Waals surface area contributed by atoms with Crippen molar-refractivity contribution in [3.05, 3.63) is 73.7 Å².